The molecule has 26 heavy (non-hydrogen) atoms. The van der Waals surface area contributed by atoms with E-state index in [1.165, 1.54) is 28.7 Å². The van der Waals surface area contributed by atoms with Crippen molar-refractivity contribution in [3.05, 3.63) is 58.2 Å². The number of amides is 2. The predicted molar refractivity (Wildman–Crippen MR) is 94.1 cm³/mol. The number of benzene rings is 1. The molecular formula is C20H18N2O4. The number of nitro groups is 1. The van der Waals surface area contributed by atoms with Crippen molar-refractivity contribution >= 4 is 23.2 Å². The maximum atomic E-state index is 13.1. The molecule has 0 radical (unpaired) electrons. The maximum absolute atomic E-state index is 13.1. The lowest BCUT2D eigenvalue weighted by Crippen LogP contribution is -2.34. The SMILES string of the molecule is O=C1[C@@H]2[C@@H](C(=O)N1c1cccc([N+](=O)[O-])c1)[C@H]1C=C[C@@H]2C1C1=CCCC1. The van der Waals surface area contributed by atoms with Crippen LogP contribution in [-0.4, -0.2) is 16.7 Å². The van der Waals surface area contributed by atoms with E-state index in [2.05, 4.69) is 18.2 Å². The summed E-state index contributed by atoms with van der Waals surface area (Å²) in [6.07, 6.45) is 9.81. The second-order valence-electron chi connectivity index (χ2n) is 7.58. The van der Waals surface area contributed by atoms with Crippen molar-refractivity contribution in [3.8, 4) is 0 Å². The fourth-order valence-corrected chi connectivity index (χ4v) is 5.45. The van der Waals surface area contributed by atoms with Gasteiger partial charge in [-0.3, -0.25) is 19.7 Å². The van der Waals surface area contributed by atoms with Crippen LogP contribution in [-0.2, 0) is 9.59 Å². The van der Waals surface area contributed by atoms with E-state index in [1.807, 2.05) is 0 Å². The van der Waals surface area contributed by atoms with Crippen LogP contribution in [0.15, 0.2) is 48.1 Å². The molecule has 1 aliphatic heterocycles. The molecule has 0 N–H and O–H groups in total. The first-order chi connectivity index (χ1) is 12.6. The fourth-order valence-electron chi connectivity index (χ4n) is 5.45. The summed E-state index contributed by atoms with van der Waals surface area (Å²) in [5.41, 5.74) is 1.59. The van der Waals surface area contributed by atoms with Gasteiger partial charge in [0.05, 0.1) is 22.4 Å². The van der Waals surface area contributed by atoms with Gasteiger partial charge < -0.3 is 0 Å². The van der Waals surface area contributed by atoms with Crippen molar-refractivity contribution in [3.63, 3.8) is 0 Å². The number of carbonyl (C=O) groups excluding carboxylic acids is 2. The summed E-state index contributed by atoms with van der Waals surface area (Å²) in [6.45, 7) is 0. The Labute approximate surface area is 150 Å². The monoisotopic (exact) mass is 350 g/mol. The van der Waals surface area contributed by atoms with Gasteiger partial charge in [-0.15, -0.1) is 0 Å². The highest BCUT2D eigenvalue weighted by Gasteiger charge is 2.64. The van der Waals surface area contributed by atoms with E-state index in [-0.39, 0.29) is 47.1 Å². The maximum Gasteiger partial charge on any atom is 0.271 e. The summed E-state index contributed by atoms with van der Waals surface area (Å²) in [4.78, 5) is 37.9. The van der Waals surface area contributed by atoms with E-state index in [9.17, 15) is 19.7 Å². The minimum Gasteiger partial charge on any atom is -0.274 e. The van der Waals surface area contributed by atoms with Crippen molar-refractivity contribution < 1.29 is 14.5 Å². The van der Waals surface area contributed by atoms with Gasteiger partial charge in [0, 0.05) is 12.1 Å². The van der Waals surface area contributed by atoms with E-state index in [4.69, 9.17) is 0 Å². The summed E-state index contributed by atoms with van der Waals surface area (Å²) in [5, 5.41) is 11.0. The first-order valence-electron chi connectivity index (χ1n) is 9.07. The number of hydrogen-bond acceptors (Lipinski definition) is 4. The zero-order chi connectivity index (χ0) is 18.0. The van der Waals surface area contributed by atoms with Crippen molar-refractivity contribution in [1.82, 2.24) is 0 Å². The fraction of sp³-hybridized carbons (Fsp3) is 0.400. The first-order valence-corrected chi connectivity index (χ1v) is 9.07. The zero-order valence-electron chi connectivity index (χ0n) is 14.1. The molecule has 6 nitrogen and oxygen atoms in total. The normalized spacial score (nSPS) is 34.5. The number of nitrogens with zero attached hydrogens (tertiary/aromatic N) is 2. The summed E-state index contributed by atoms with van der Waals surface area (Å²) < 4.78 is 0. The minimum atomic E-state index is -0.511. The van der Waals surface area contributed by atoms with Gasteiger partial charge in [-0.1, -0.05) is 29.9 Å². The first kappa shape index (κ1) is 15.5. The van der Waals surface area contributed by atoms with Crippen LogP contribution in [0.1, 0.15) is 19.3 Å². The molecule has 1 unspecified atom stereocenters. The van der Waals surface area contributed by atoms with Gasteiger partial charge in [-0.25, -0.2) is 4.90 Å². The van der Waals surface area contributed by atoms with Crippen molar-refractivity contribution in [1.29, 1.82) is 0 Å². The molecule has 4 aliphatic rings. The van der Waals surface area contributed by atoms with E-state index >= 15 is 0 Å². The lowest BCUT2D eigenvalue weighted by Gasteiger charge is -2.23. The Morgan fingerprint density at radius 2 is 1.73 bits per heavy atom. The van der Waals surface area contributed by atoms with Gasteiger partial charge in [0.15, 0.2) is 0 Å². The molecule has 2 amide bonds. The standard InChI is InChI=1S/C20H18N2O4/c23-19-17-14-8-9-15(16(14)11-4-1-2-5-11)18(17)20(24)21(19)12-6-3-7-13(10-12)22(25)26/h3-4,6-10,14-18H,1-2,5H2/t14-,15+,16?,17-,18-/m0/s1. The topological polar surface area (TPSA) is 80.5 Å². The Bertz CT molecular complexity index is 871. The zero-order valence-corrected chi connectivity index (χ0v) is 14.1. The van der Waals surface area contributed by atoms with Crippen LogP contribution < -0.4 is 4.90 Å². The highest BCUT2D eigenvalue weighted by molar-refractivity contribution is 6.23. The highest BCUT2D eigenvalue weighted by atomic mass is 16.6. The van der Waals surface area contributed by atoms with Gasteiger partial charge in [-0.05, 0) is 43.1 Å². The molecule has 1 saturated carbocycles. The molecule has 132 valence electrons. The molecule has 1 saturated heterocycles. The predicted octanol–water partition coefficient (Wildman–Crippen LogP) is 3.24. The van der Waals surface area contributed by atoms with Gasteiger partial charge in [0.1, 0.15) is 0 Å². The van der Waals surface area contributed by atoms with Crippen LogP contribution in [0.4, 0.5) is 11.4 Å². The second kappa shape index (κ2) is 5.37. The van der Waals surface area contributed by atoms with E-state index < -0.39 is 4.92 Å². The summed E-state index contributed by atoms with van der Waals surface area (Å²) in [7, 11) is 0. The highest BCUT2D eigenvalue weighted by Crippen LogP contribution is 2.59. The van der Waals surface area contributed by atoms with Crippen molar-refractivity contribution in [2.24, 2.45) is 29.6 Å². The molecule has 6 heteroatoms. The number of allylic oxidation sites excluding steroid dienone is 4. The molecule has 1 aromatic carbocycles. The average molecular weight is 350 g/mol. The Morgan fingerprint density at radius 3 is 2.31 bits per heavy atom. The van der Waals surface area contributed by atoms with Gasteiger partial charge >= 0.3 is 0 Å². The number of imide groups is 1. The molecule has 0 aromatic heterocycles. The van der Waals surface area contributed by atoms with Gasteiger partial charge in [0.2, 0.25) is 11.8 Å². The van der Waals surface area contributed by atoms with E-state index in [0.29, 0.717) is 5.69 Å². The number of carbonyl (C=O) groups is 2. The third kappa shape index (κ3) is 1.92. The molecule has 3 aliphatic carbocycles. The lowest BCUT2D eigenvalue weighted by molar-refractivity contribution is -0.384. The molecule has 2 fully saturated rings. The molecule has 5 rings (SSSR count). The molecule has 5 atom stereocenters. The van der Waals surface area contributed by atoms with E-state index in [0.717, 1.165) is 19.3 Å². The smallest absolute Gasteiger partial charge is 0.271 e. The number of fused-ring (bicyclic) bond motifs is 5. The molecule has 1 heterocycles. The summed E-state index contributed by atoms with van der Waals surface area (Å²) in [6, 6.07) is 5.78. The van der Waals surface area contributed by atoms with Crippen LogP contribution in [0.2, 0.25) is 0 Å². The minimum absolute atomic E-state index is 0.0782. The van der Waals surface area contributed by atoms with Crippen LogP contribution in [0.25, 0.3) is 0 Å². The van der Waals surface area contributed by atoms with Crippen molar-refractivity contribution in [2.45, 2.75) is 19.3 Å². The van der Waals surface area contributed by atoms with Crippen LogP contribution in [0.5, 0.6) is 0 Å². The van der Waals surface area contributed by atoms with Crippen LogP contribution in [0.3, 0.4) is 0 Å². The quantitative estimate of drug-likeness (QED) is 0.363. The third-order valence-electron chi connectivity index (χ3n) is 6.42. The third-order valence-corrected chi connectivity index (χ3v) is 6.42. The number of non-ortho nitro benzene ring substituents is 1. The largest absolute Gasteiger partial charge is 0.274 e. The molecule has 1 aromatic rings. The summed E-state index contributed by atoms with van der Waals surface area (Å²) >= 11 is 0. The number of hydrogen-bond donors (Lipinski definition) is 0. The Balaban J connectivity index is 1.50. The van der Waals surface area contributed by atoms with Crippen LogP contribution in [0, 0.1) is 39.7 Å². The Morgan fingerprint density at radius 1 is 1.04 bits per heavy atom. The Kier molecular flexibility index (Phi) is 3.20. The average Bonchev–Trinajstić information content (AvgIpc) is 3.38. The van der Waals surface area contributed by atoms with Gasteiger partial charge in [-0.2, -0.15) is 0 Å². The van der Waals surface area contributed by atoms with Gasteiger partial charge in [0.25, 0.3) is 5.69 Å². The molecule has 0 spiro atoms. The number of anilines is 1. The van der Waals surface area contributed by atoms with E-state index in [1.54, 1.807) is 6.07 Å². The second-order valence-corrected chi connectivity index (χ2v) is 7.58. The van der Waals surface area contributed by atoms with Crippen LogP contribution >= 0.6 is 0 Å². The Hall–Kier alpha value is -2.76. The molecule has 2 bridgehead atoms. The number of rotatable bonds is 3. The van der Waals surface area contributed by atoms with Crippen molar-refractivity contribution in [2.75, 3.05) is 4.90 Å². The number of nitro benzene ring substituents is 1. The summed E-state index contributed by atoms with van der Waals surface area (Å²) in [5.74, 6) is -0.634. The lowest BCUT2D eigenvalue weighted by atomic mass is 9.85. The molecular weight excluding hydrogens is 332 g/mol.